The molecule has 3 aromatic heterocycles. The molecule has 1 aliphatic rings. The summed E-state index contributed by atoms with van der Waals surface area (Å²) >= 11 is 0. The normalized spacial score (nSPS) is 15.2. The molecule has 32 heavy (non-hydrogen) atoms. The second kappa shape index (κ2) is 8.88. The molecule has 1 N–H and O–H groups in total. The van der Waals surface area contributed by atoms with Crippen LogP contribution in [0.4, 0.5) is 4.39 Å². The Morgan fingerprint density at radius 2 is 1.97 bits per heavy atom. The monoisotopic (exact) mass is 429 g/mol. The molecule has 162 valence electrons. The van der Waals surface area contributed by atoms with Crippen LogP contribution in [0.25, 0.3) is 16.9 Å². The van der Waals surface area contributed by atoms with Crippen molar-refractivity contribution in [3.8, 4) is 11.3 Å². The highest BCUT2D eigenvalue weighted by Gasteiger charge is 2.22. The molecule has 0 saturated carbocycles. The number of nitrogens with one attached hydrogen (secondary N) is 1. The van der Waals surface area contributed by atoms with E-state index >= 15 is 0 Å². The van der Waals surface area contributed by atoms with Gasteiger partial charge in [0, 0.05) is 49.8 Å². The van der Waals surface area contributed by atoms with Crippen LogP contribution < -0.4 is 5.32 Å². The van der Waals surface area contributed by atoms with Crippen LogP contribution in [0.3, 0.4) is 0 Å². The number of aromatic nitrogens is 3. The quantitative estimate of drug-likeness (QED) is 0.522. The summed E-state index contributed by atoms with van der Waals surface area (Å²) in [5, 5.41) is 3.12. The predicted molar refractivity (Wildman–Crippen MR) is 121 cm³/mol. The second-order valence-electron chi connectivity index (χ2n) is 8.16. The minimum absolute atomic E-state index is 0.123. The molecule has 1 amide bonds. The number of likely N-dealkylation sites (tertiary alicyclic amines) is 1. The Labute approximate surface area is 185 Å². The Hall–Kier alpha value is -3.58. The maximum absolute atomic E-state index is 13.4. The minimum Gasteiger partial charge on any atom is -0.349 e. The van der Waals surface area contributed by atoms with Crippen LogP contribution in [0.15, 0.2) is 73.2 Å². The Bertz CT molecular complexity index is 1200. The molecule has 5 rings (SSSR count). The Kier molecular flexibility index (Phi) is 5.64. The molecular weight excluding hydrogens is 405 g/mol. The number of carbonyl (C=O) groups is 1. The molecule has 0 unspecified atom stereocenters. The number of rotatable bonds is 5. The number of nitrogens with zero attached hydrogens (tertiary/aromatic N) is 4. The highest BCUT2D eigenvalue weighted by Crippen LogP contribution is 2.19. The first-order valence-corrected chi connectivity index (χ1v) is 10.8. The maximum atomic E-state index is 13.4. The van der Waals surface area contributed by atoms with Crippen molar-refractivity contribution in [1.82, 2.24) is 24.6 Å². The van der Waals surface area contributed by atoms with Crippen molar-refractivity contribution in [2.24, 2.45) is 0 Å². The standard InChI is InChI=1S/C25H24FN5O/c26-20-5-3-4-18(14-20)23-8-7-19(15-27-23)25(32)29-21-9-12-30(13-10-21)16-22-17-31-11-2-1-6-24(31)28-22/h1-8,11,14-15,17,21H,9-10,12-13,16H2,(H,29,32). The van der Waals surface area contributed by atoms with Crippen LogP contribution in [-0.4, -0.2) is 44.3 Å². The van der Waals surface area contributed by atoms with E-state index < -0.39 is 0 Å². The van der Waals surface area contributed by atoms with E-state index in [1.165, 1.54) is 12.1 Å². The van der Waals surface area contributed by atoms with Crippen LogP contribution in [0.1, 0.15) is 28.9 Å². The number of fused-ring (bicyclic) bond motifs is 1. The zero-order valence-corrected chi connectivity index (χ0v) is 17.6. The highest BCUT2D eigenvalue weighted by molar-refractivity contribution is 5.94. The van der Waals surface area contributed by atoms with Gasteiger partial charge in [-0.15, -0.1) is 0 Å². The van der Waals surface area contributed by atoms with Gasteiger partial charge in [-0.3, -0.25) is 14.7 Å². The first-order chi connectivity index (χ1) is 15.6. The second-order valence-corrected chi connectivity index (χ2v) is 8.16. The van der Waals surface area contributed by atoms with Gasteiger partial charge in [0.1, 0.15) is 11.5 Å². The molecule has 1 saturated heterocycles. The Morgan fingerprint density at radius 1 is 1.09 bits per heavy atom. The van der Waals surface area contributed by atoms with Gasteiger partial charge < -0.3 is 9.72 Å². The van der Waals surface area contributed by atoms with Gasteiger partial charge in [0.05, 0.1) is 17.0 Å². The van der Waals surface area contributed by atoms with Crippen molar-refractivity contribution < 1.29 is 9.18 Å². The number of benzene rings is 1. The van der Waals surface area contributed by atoms with E-state index in [1.807, 2.05) is 28.8 Å². The van der Waals surface area contributed by atoms with E-state index in [0.717, 1.165) is 43.8 Å². The molecule has 0 spiro atoms. The molecule has 4 aromatic rings. The lowest BCUT2D eigenvalue weighted by Crippen LogP contribution is -2.44. The van der Waals surface area contributed by atoms with Crippen molar-refractivity contribution in [3.63, 3.8) is 0 Å². The smallest absolute Gasteiger partial charge is 0.253 e. The van der Waals surface area contributed by atoms with Gasteiger partial charge in [-0.05, 0) is 49.2 Å². The van der Waals surface area contributed by atoms with Gasteiger partial charge in [-0.25, -0.2) is 9.37 Å². The first kappa shape index (κ1) is 20.3. The molecule has 0 bridgehead atoms. The molecule has 1 fully saturated rings. The maximum Gasteiger partial charge on any atom is 0.253 e. The third-order valence-corrected chi connectivity index (χ3v) is 5.87. The van der Waals surface area contributed by atoms with Crippen molar-refractivity contribution in [2.45, 2.75) is 25.4 Å². The van der Waals surface area contributed by atoms with Gasteiger partial charge in [0.25, 0.3) is 5.91 Å². The van der Waals surface area contributed by atoms with Crippen LogP contribution >= 0.6 is 0 Å². The zero-order valence-electron chi connectivity index (χ0n) is 17.6. The average molecular weight is 429 g/mol. The molecule has 1 aromatic carbocycles. The highest BCUT2D eigenvalue weighted by atomic mass is 19.1. The molecule has 0 radical (unpaired) electrons. The first-order valence-electron chi connectivity index (χ1n) is 10.8. The third-order valence-electron chi connectivity index (χ3n) is 5.87. The van der Waals surface area contributed by atoms with Crippen molar-refractivity contribution in [1.29, 1.82) is 0 Å². The van der Waals surface area contributed by atoms with E-state index in [4.69, 9.17) is 0 Å². The summed E-state index contributed by atoms with van der Waals surface area (Å²) in [6.07, 6.45) is 7.42. The molecule has 0 aliphatic carbocycles. The number of carbonyl (C=O) groups excluding carboxylic acids is 1. The van der Waals surface area contributed by atoms with Gasteiger partial charge in [-0.1, -0.05) is 18.2 Å². The van der Waals surface area contributed by atoms with E-state index in [1.54, 1.807) is 30.5 Å². The van der Waals surface area contributed by atoms with Crippen LogP contribution in [0, 0.1) is 5.82 Å². The lowest BCUT2D eigenvalue weighted by molar-refractivity contribution is 0.0908. The van der Waals surface area contributed by atoms with Crippen LogP contribution in [-0.2, 0) is 6.54 Å². The van der Waals surface area contributed by atoms with E-state index in [2.05, 4.69) is 26.4 Å². The molecule has 4 heterocycles. The van der Waals surface area contributed by atoms with Crippen molar-refractivity contribution >= 4 is 11.6 Å². The number of amides is 1. The number of hydrogen-bond acceptors (Lipinski definition) is 4. The van der Waals surface area contributed by atoms with Gasteiger partial charge >= 0.3 is 0 Å². The fraction of sp³-hybridized carbons (Fsp3) is 0.240. The van der Waals surface area contributed by atoms with E-state index in [-0.39, 0.29) is 17.8 Å². The van der Waals surface area contributed by atoms with Crippen LogP contribution in [0.2, 0.25) is 0 Å². The largest absolute Gasteiger partial charge is 0.349 e. The number of hydrogen-bond donors (Lipinski definition) is 1. The van der Waals surface area contributed by atoms with Crippen molar-refractivity contribution in [3.05, 3.63) is 90.3 Å². The average Bonchev–Trinajstić information content (AvgIpc) is 3.23. The predicted octanol–water partition coefficient (Wildman–Crippen LogP) is 3.93. The molecule has 7 heteroatoms. The summed E-state index contributed by atoms with van der Waals surface area (Å²) in [6, 6.07) is 15.9. The van der Waals surface area contributed by atoms with Gasteiger partial charge in [-0.2, -0.15) is 0 Å². The summed E-state index contributed by atoms with van der Waals surface area (Å²) in [4.78, 5) is 24.0. The number of piperidine rings is 1. The third kappa shape index (κ3) is 4.53. The number of imidazole rings is 1. The minimum atomic E-state index is -0.307. The molecule has 1 aliphatic heterocycles. The summed E-state index contributed by atoms with van der Waals surface area (Å²) in [5.74, 6) is -0.430. The summed E-state index contributed by atoms with van der Waals surface area (Å²) < 4.78 is 15.5. The summed E-state index contributed by atoms with van der Waals surface area (Å²) in [5.41, 5.74) is 3.86. The summed E-state index contributed by atoms with van der Waals surface area (Å²) in [6.45, 7) is 2.64. The summed E-state index contributed by atoms with van der Waals surface area (Å²) in [7, 11) is 0. The SMILES string of the molecule is O=C(NC1CCN(Cc2cn3ccccc3n2)CC1)c1ccc(-c2cccc(F)c2)nc1. The molecule has 0 atom stereocenters. The van der Waals surface area contributed by atoms with Crippen molar-refractivity contribution in [2.75, 3.05) is 13.1 Å². The lowest BCUT2D eigenvalue weighted by atomic mass is 10.0. The van der Waals surface area contributed by atoms with E-state index in [9.17, 15) is 9.18 Å². The topological polar surface area (TPSA) is 62.5 Å². The molecule has 6 nitrogen and oxygen atoms in total. The van der Waals surface area contributed by atoms with Gasteiger partial charge in [0.2, 0.25) is 0 Å². The zero-order chi connectivity index (χ0) is 21.9. The number of pyridine rings is 2. The van der Waals surface area contributed by atoms with E-state index in [0.29, 0.717) is 16.8 Å². The number of halogens is 1. The Balaban J connectivity index is 1.14. The van der Waals surface area contributed by atoms with Gasteiger partial charge in [0.15, 0.2) is 0 Å². The molecular formula is C25H24FN5O. The lowest BCUT2D eigenvalue weighted by Gasteiger charge is -2.31. The fourth-order valence-corrected chi connectivity index (χ4v) is 4.14. The van der Waals surface area contributed by atoms with Crippen LogP contribution in [0.5, 0.6) is 0 Å². The fourth-order valence-electron chi connectivity index (χ4n) is 4.14. The Morgan fingerprint density at radius 3 is 2.72 bits per heavy atom.